The summed E-state index contributed by atoms with van der Waals surface area (Å²) in [6.07, 6.45) is 0. The monoisotopic (exact) mass is 193 g/mol. The molecule has 1 saturated heterocycles. The van der Waals surface area contributed by atoms with Crippen LogP contribution in [-0.2, 0) is 4.79 Å². The van der Waals surface area contributed by atoms with Crippen molar-refractivity contribution in [3.05, 3.63) is 12.1 Å². The first kappa shape index (κ1) is 8.74. The molecule has 6 heteroatoms. The number of rotatable bonds is 1. The highest BCUT2D eigenvalue weighted by Gasteiger charge is 2.17. The maximum absolute atomic E-state index is 11.1. The molecule has 1 fully saturated rings. The summed E-state index contributed by atoms with van der Waals surface area (Å²) in [7, 11) is 0. The van der Waals surface area contributed by atoms with Gasteiger partial charge in [0.2, 0.25) is 5.91 Å². The van der Waals surface area contributed by atoms with Gasteiger partial charge in [0, 0.05) is 13.1 Å². The van der Waals surface area contributed by atoms with Crippen molar-refractivity contribution in [1.29, 1.82) is 0 Å². The Kier molecular flexibility index (Phi) is 2.18. The van der Waals surface area contributed by atoms with Gasteiger partial charge in [-0.2, -0.15) is 0 Å². The summed E-state index contributed by atoms with van der Waals surface area (Å²) in [6.45, 7) is 1.73. The second-order valence-electron chi connectivity index (χ2n) is 3.09. The molecule has 0 bridgehead atoms. The maximum Gasteiger partial charge on any atom is 0.239 e. The molecule has 0 radical (unpaired) electrons. The molecule has 1 aliphatic heterocycles. The number of anilines is 2. The molecule has 6 nitrogen and oxygen atoms in total. The molecule has 74 valence electrons. The average molecular weight is 193 g/mol. The van der Waals surface area contributed by atoms with Gasteiger partial charge in [0.05, 0.1) is 6.54 Å². The van der Waals surface area contributed by atoms with Crippen LogP contribution in [0.1, 0.15) is 0 Å². The fraction of sp³-hybridized carbons (Fsp3) is 0.375. The molecular weight excluding hydrogens is 182 g/mol. The Morgan fingerprint density at radius 1 is 1.43 bits per heavy atom. The van der Waals surface area contributed by atoms with E-state index >= 15 is 0 Å². The standard InChI is InChI=1S/C8H11N5O/c9-6-1-2-7(12-11-6)13-4-3-10-8(14)5-13/h1-2H,3-5H2,(H2,9,11)(H,10,14). The first-order valence-electron chi connectivity index (χ1n) is 4.36. The van der Waals surface area contributed by atoms with E-state index in [0.29, 0.717) is 24.7 Å². The molecule has 2 heterocycles. The van der Waals surface area contributed by atoms with Crippen molar-refractivity contribution in [2.24, 2.45) is 0 Å². The minimum atomic E-state index is 0.00914. The first-order chi connectivity index (χ1) is 6.75. The zero-order chi connectivity index (χ0) is 9.97. The van der Waals surface area contributed by atoms with Crippen LogP contribution in [0.15, 0.2) is 12.1 Å². The summed E-state index contributed by atoms with van der Waals surface area (Å²) < 4.78 is 0. The predicted molar refractivity (Wildman–Crippen MR) is 51.7 cm³/mol. The van der Waals surface area contributed by atoms with Crippen LogP contribution >= 0.6 is 0 Å². The van der Waals surface area contributed by atoms with Gasteiger partial charge in [-0.25, -0.2) is 0 Å². The largest absolute Gasteiger partial charge is 0.382 e. The summed E-state index contributed by atoms with van der Waals surface area (Å²) in [5, 5.41) is 10.4. The Labute approximate surface area is 81.1 Å². The normalized spacial score (nSPS) is 16.6. The number of aromatic nitrogens is 2. The molecule has 0 unspecified atom stereocenters. The second-order valence-corrected chi connectivity index (χ2v) is 3.09. The molecule has 0 saturated carbocycles. The lowest BCUT2D eigenvalue weighted by atomic mass is 10.3. The van der Waals surface area contributed by atoms with Crippen LogP contribution in [0.5, 0.6) is 0 Å². The molecule has 1 aromatic rings. The fourth-order valence-electron chi connectivity index (χ4n) is 1.34. The van der Waals surface area contributed by atoms with Gasteiger partial charge < -0.3 is 16.0 Å². The van der Waals surface area contributed by atoms with Gasteiger partial charge in [0.15, 0.2) is 5.82 Å². The third-order valence-corrected chi connectivity index (χ3v) is 2.03. The summed E-state index contributed by atoms with van der Waals surface area (Å²) in [6, 6.07) is 3.44. The quantitative estimate of drug-likeness (QED) is 0.597. The molecule has 1 aliphatic rings. The number of nitrogen functional groups attached to an aromatic ring is 1. The molecule has 2 rings (SSSR count). The minimum absolute atomic E-state index is 0.00914. The van der Waals surface area contributed by atoms with Crippen LogP contribution in [0.2, 0.25) is 0 Å². The van der Waals surface area contributed by atoms with Crippen LogP contribution in [-0.4, -0.2) is 35.7 Å². The Morgan fingerprint density at radius 3 is 2.93 bits per heavy atom. The number of nitrogens with zero attached hydrogens (tertiary/aromatic N) is 3. The van der Waals surface area contributed by atoms with E-state index in [1.54, 1.807) is 12.1 Å². The molecule has 3 N–H and O–H groups in total. The number of nitrogens with two attached hydrogens (primary N) is 1. The van der Waals surface area contributed by atoms with Gasteiger partial charge in [-0.3, -0.25) is 4.79 Å². The predicted octanol–water partition coefficient (Wildman–Crippen LogP) is -1.01. The Bertz CT molecular complexity index is 336. The molecule has 0 aromatic carbocycles. The number of hydrogen-bond donors (Lipinski definition) is 2. The van der Waals surface area contributed by atoms with E-state index < -0.39 is 0 Å². The number of carbonyl (C=O) groups is 1. The maximum atomic E-state index is 11.1. The van der Waals surface area contributed by atoms with Crippen LogP contribution in [0.3, 0.4) is 0 Å². The Hall–Kier alpha value is -1.85. The summed E-state index contributed by atoms with van der Waals surface area (Å²) in [5.41, 5.74) is 5.41. The number of nitrogens with one attached hydrogen (secondary N) is 1. The second kappa shape index (κ2) is 3.49. The van der Waals surface area contributed by atoms with Crippen molar-refractivity contribution < 1.29 is 4.79 Å². The first-order valence-corrected chi connectivity index (χ1v) is 4.36. The van der Waals surface area contributed by atoms with E-state index in [1.807, 2.05) is 4.90 Å². The van der Waals surface area contributed by atoms with Gasteiger partial charge in [-0.1, -0.05) is 0 Å². The van der Waals surface area contributed by atoms with Gasteiger partial charge >= 0.3 is 0 Å². The van der Waals surface area contributed by atoms with Crippen molar-refractivity contribution in [1.82, 2.24) is 15.5 Å². The number of carbonyl (C=O) groups excluding carboxylic acids is 1. The Balaban J connectivity index is 2.14. The third kappa shape index (κ3) is 1.73. The summed E-state index contributed by atoms with van der Waals surface area (Å²) in [5.74, 6) is 1.08. The lowest BCUT2D eigenvalue weighted by Crippen LogP contribution is -2.48. The zero-order valence-corrected chi connectivity index (χ0v) is 7.60. The molecule has 1 amide bonds. The zero-order valence-electron chi connectivity index (χ0n) is 7.60. The lowest BCUT2D eigenvalue weighted by molar-refractivity contribution is -0.120. The van der Waals surface area contributed by atoms with Crippen LogP contribution in [0.4, 0.5) is 11.6 Å². The van der Waals surface area contributed by atoms with E-state index in [1.165, 1.54) is 0 Å². The van der Waals surface area contributed by atoms with Crippen molar-refractivity contribution >= 4 is 17.5 Å². The van der Waals surface area contributed by atoms with Crippen molar-refractivity contribution in [2.45, 2.75) is 0 Å². The van der Waals surface area contributed by atoms with Gasteiger partial charge in [-0.15, -0.1) is 10.2 Å². The van der Waals surface area contributed by atoms with E-state index in [-0.39, 0.29) is 5.91 Å². The van der Waals surface area contributed by atoms with Gasteiger partial charge in [-0.05, 0) is 12.1 Å². The Morgan fingerprint density at radius 2 is 2.29 bits per heavy atom. The molecule has 0 spiro atoms. The van der Waals surface area contributed by atoms with Crippen LogP contribution in [0.25, 0.3) is 0 Å². The highest BCUT2D eigenvalue weighted by Crippen LogP contribution is 2.10. The van der Waals surface area contributed by atoms with Gasteiger partial charge in [0.25, 0.3) is 0 Å². The third-order valence-electron chi connectivity index (χ3n) is 2.03. The van der Waals surface area contributed by atoms with E-state index in [9.17, 15) is 4.79 Å². The van der Waals surface area contributed by atoms with Crippen molar-refractivity contribution in [2.75, 3.05) is 30.3 Å². The van der Waals surface area contributed by atoms with E-state index in [2.05, 4.69) is 15.5 Å². The SMILES string of the molecule is Nc1ccc(N2CCNC(=O)C2)nn1. The van der Waals surface area contributed by atoms with Crippen molar-refractivity contribution in [3.8, 4) is 0 Å². The number of amides is 1. The molecular formula is C8H11N5O. The summed E-state index contributed by atoms with van der Waals surface area (Å²) >= 11 is 0. The molecule has 0 aliphatic carbocycles. The van der Waals surface area contributed by atoms with Crippen LogP contribution < -0.4 is 16.0 Å². The molecule has 0 atom stereocenters. The fourth-order valence-corrected chi connectivity index (χ4v) is 1.34. The number of piperazine rings is 1. The molecule has 14 heavy (non-hydrogen) atoms. The van der Waals surface area contributed by atoms with Gasteiger partial charge in [0.1, 0.15) is 5.82 Å². The lowest BCUT2D eigenvalue weighted by Gasteiger charge is -2.26. The van der Waals surface area contributed by atoms with E-state index in [0.717, 1.165) is 6.54 Å². The number of hydrogen-bond acceptors (Lipinski definition) is 5. The topological polar surface area (TPSA) is 84.1 Å². The van der Waals surface area contributed by atoms with Crippen LogP contribution in [0, 0.1) is 0 Å². The van der Waals surface area contributed by atoms with Crippen molar-refractivity contribution in [3.63, 3.8) is 0 Å². The van der Waals surface area contributed by atoms with E-state index in [4.69, 9.17) is 5.73 Å². The highest BCUT2D eigenvalue weighted by molar-refractivity contribution is 5.82. The average Bonchev–Trinajstić information content (AvgIpc) is 2.19. The molecule has 1 aromatic heterocycles. The highest BCUT2D eigenvalue weighted by atomic mass is 16.2. The minimum Gasteiger partial charge on any atom is -0.382 e. The summed E-state index contributed by atoms with van der Waals surface area (Å²) in [4.78, 5) is 13.0. The smallest absolute Gasteiger partial charge is 0.239 e.